The van der Waals surface area contributed by atoms with Gasteiger partial charge >= 0.3 is 0 Å². The number of carbonyl (C=O) groups is 2. The number of carbonyl (C=O) groups excluding carboxylic acids is 2. The molecule has 120 valence electrons. The fourth-order valence-corrected chi connectivity index (χ4v) is 2.84. The monoisotopic (exact) mass is 314 g/mol. The van der Waals surface area contributed by atoms with Crippen molar-refractivity contribution < 1.29 is 14.7 Å². The molecular weight excluding hydrogens is 296 g/mol. The Bertz CT molecular complexity index is 768. The van der Waals surface area contributed by atoms with Gasteiger partial charge in [0.15, 0.2) is 5.78 Å². The fourth-order valence-electron chi connectivity index (χ4n) is 2.84. The fraction of sp³-hybridized carbons (Fsp3) is 0.375. The number of amides is 1. The van der Waals surface area contributed by atoms with E-state index in [0.29, 0.717) is 12.2 Å². The van der Waals surface area contributed by atoms with Crippen LogP contribution in [-0.2, 0) is 11.3 Å². The van der Waals surface area contributed by atoms with Gasteiger partial charge in [0.2, 0.25) is 5.91 Å². The topological polar surface area (TPSA) is 88.3 Å². The minimum Gasteiger partial charge on any atom is -0.506 e. The summed E-state index contributed by atoms with van der Waals surface area (Å²) in [4.78, 5) is 25.4. The highest BCUT2D eigenvalue weighted by Gasteiger charge is 2.29. The highest BCUT2D eigenvalue weighted by molar-refractivity contribution is 5.96. The highest BCUT2D eigenvalue weighted by Crippen LogP contribution is 2.40. The minimum absolute atomic E-state index is 0.0254. The lowest BCUT2D eigenvalue weighted by molar-refractivity contribution is -0.119. The van der Waals surface area contributed by atoms with E-state index in [1.54, 1.807) is 17.0 Å². The van der Waals surface area contributed by atoms with Gasteiger partial charge in [-0.3, -0.25) is 9.59 Å². The van der Waals surface area contributed by atoms with Gasteiger partial charge in [-0.15, -0.1) is 5.10 Å². The van der Waals surface area contributed by atoms with Crippen molar-refractivity contribution >= 4 is 17.4 Å². The second-order valence-corrected chi connectivity index (χ2v) is 5.81. The summed E-state index contributed by atoms with van der Waals surface area (Å²) in [7, 11) is 0. The average Bonchev–Trinajstić information content (AvgIpc) is 2.97. The van der Waals surface area contributed by atoms with Crippen molar-refractivity contribution in [2.75, 3.05) is 11.4 Å². The van der Waals surface area contributed by atoms with Gasteiger partial charge < -0.3 is 10.0 Å². The second kappa shape index (κ2) is 5.83. The third-order valence-corrected chi connectivity index (χ3v) is 4.13. The molecule has 0 fully saturated rings. The van der Waals surface area contributed by atoms with Crippen LogP contribution in [0, 0.1) is 0 Å². The Kier molecular flexibility index (Phi) is 3.85. The quantitative estimate of drug-likeness (QED) is 0.872. The molecule has 2 aromatic rings. The van der Waals surface area contributed by atoms with E-state index >= 15 is 0 Å². The standard InChI is InChI=1S/C16H18N4O3/c1-10-6-7-20(16-12(10)4-3-5-14(16)22)15(23)9-19-8-13(11(2)21)17-18-19/h3-5,8,10,22H,6-7,9H2,1-2H3. The number of phenols is 1. The molecule has 1 atom stereocenters. The van der Waals surface area contributed by atoms with Crippen molar-refractivity contribution in [3.63, 3.8) is 0 Å². The Hall–Kier alpha value is -2.70. The first-order valence-corrected chi connectivity index (χ1v) is 7.50. The smallest absolute Gasteiger partial charge is 0.248 e. The van der Waals surface area contributed by atoms with Crippen LogP contribution in [0.25, 0.3) is 0 Å². The number of benzene rings is 1. The number of phenolic OH excluding ortho intramolecular Hbond substituents is 1. The van der Waals surface area contributed by atoms with Gasteiger partial charge in [0, 0.05) is 13.5 Å². The van der Waals surface area contributed by atoms with Crippen LogP contribution >= 0.6 is 0 Å². The average molecular weight is 314 g/mol. The molecule has 1 aliphatic heterocycles. The van der Waals surface area contributed by atoms with Crippen LogP contribution < -0.4 is 4.90 Å². The molecule has 0 saturated heterocycles. The van der Waals surface area contributed by atoms with Crippen molar-refractivity contribution in [1.29, 1.82) is 0 Å². The van der Waals surface area contributed by atoms with Crippen LogP contribution in [-0.4, -0.2) is 38.3 Å². The van der Waals surface area contributed by atoms with Crippen LogP contribution in [0.5, 0.6) is 5.75 Å². The third-order valence-electron chi connectivity index (χ3n) is 4.13. The van der Waals surface area contributed by atoms with E-state index in [1.165, 1.54) is 17.8 Å². The molecule has 7 heteroatoms. The predicted molar refractivity (Wildman–Crippen MR) is 83.5 cm³/mol. The summed E-state index contributed by atoms with van der Waals surface area (Å²) < 4.78 is 1.34. The van der Waals surface area contributed by atoms with Crippen LogP contribution in [0.2, 0.25) is 0 Å². The Morgan fingerprint density at radius 1 is 1.39 bits per heavy atom. The largest absolute Gasteiger partial charge is 0.506 e. The number of hydrogen-bond donors (Lipinski definition) is 1. The molecule has 0 aliphatic carbocycles. The zero-order chi connectivity index (χ0) is 16.6. The van der Waals surface area contributed by atoms with Gasteiger partial charge in [-0.25, -0.2) is 4.68 Å². The van der Waals surface area contributed by atoms with Crippen molar-refractivity contribution in [2.24, 2.45) is 0 Å². The number of aromatic hydroxyl groups is 1. The van der Waals surface area contributed by atoms with Crippen LogP contribution in [0.3, 0.4) is 0 Å². The summed E-state index contributed by atoms with van der Waals surface area (Å²) in [5.74, 6) is 0.000360. The third kappa shape index (κ3) is 2.81. The van der Waals surface area contributed by atoms with E-state index in [4.69, 9.17) is 0 Å². The molecule has 3 rings (SSSR count). The van der Waals surface area contributed by atoms with E-state index in [0.717, 1.165) is 12.0 Å². The number of Topliss-reactive ketones (excluding diaryl/α,β-unsaturated/α-hetero) is 1. The summed E-state index contributed by atoms with van der Waals surface area (Å²) in [6.07, 6.45) is 2.29. The molecule has 0 spiro atoms. The first-order valence-electron chi connectivity index (χ1n) is 7.50. The number of anilines is 1. The zero-order valence-electron chi connectivity index (χ0n) is 13.1. The van der Waals surface area contributed by atoms with E-state index < -0.39 is 0 Å². The summed E-state index contributed by atoms with van der Waals surface area (Å²) >= 11 is 0. The summed E-state index contributed by atoms with van der Waals surface area (Å²) in [5, 5.41) is 17.7. The van der Waals surface area contributed by atoms with Crippen molar-refractivity contribution in [3.05, 3.63) is 35.7 Å². The molecular formula is C16H18N4O3. The van der Waals surface area contributed by atoms with Crippen molar-refractivity contribution in [2.45, 2.75) is 32.7 Å². The normalized spacial score (nSPS) is 17.0. The minimum atomic E-state index is -0.196. The van der Waals surface area contributed by atoms with Gasteiger partial charge in [0.05, 0.1) is 11.9 Å². The molecule has 1 unspecified atom stereocenters. The maximum absolute atomic E-state index is 12.6. The van der Waals surface area contributed by atoms with Crippen LogP contribution in [0.4, 0.5) is 5.69 Å². The summed E-state index contributed by atoms with van der Waals surface area (Å²) in [6, 6.07) is 5.30. The molecule has 7 nitrogen and oxygen atoms in total. The van der Waals surface area contributed by atoms with E-state index in [9.17, 15) is 14.7 Å². The Balaban J connectivity index is 1.86. The SMILES string of the molecule is CC(=O)c1cn(CC(=O)N2CCC(C)c3cccc(O)c32)nn1. The van der Waals surface area contributed by atoms with Crippen LogP contribution in [0.1, 0.15) is 42.2 Å². The lowest BCUT2D eigenvalue weighted by Crippen LogP contribution is -2.38. The van der Waals surface area contributed by atoms with Gasteiger partial charge in [-0.05, 0) is 24.0 Å². The Morgan fingerprint density at radius 3 is 2.87 bits per heavy atom. The van der Waals surface area contributed by atoms with Crippen molar-refractivity contribution in [1.82, 2.24) is 15.0 Å². The highest BCUT2D eigenvalue weighted by atomic mass is 16.3. The summed E-state index contributed by atoms with van der Waals surface area (Å²) in [6.45, 7) is 3.99. The molecule has 23 heavy (non-hydrogen) atoms. The van der Waals surface area contributed by atoms with Gasteiger partial charge in [-0.2, -0.15) is 0 Å². The molecule has 1 amide bonds. The second-order valence-electron chi connectivity index (χ2n) is 5.81. The van der Waals surface area contributed by atoms with Gasteiger partial charge in [0.25, 0.3) is 0 Å². The molecule has 2 heterocycles. The van der Waals surface area contributed by atoms with Crippen molar-refractivity contribution in [3.8, 4) is 5.75 Å². The zero-order valence-corrected chi connectivity index (χ0v) is 13.1. The summed E-state index contributed by atoms with van der Waals surface area (Å²) in [5.41, 5.74) is 1.77. The molecule has 1 N–H and O–H groups in total. The van der Waals surface area contributed by atoms with Crippen LogP contribution in [0.15, 0.2) is 24.4 Å². The maximum Gasteiger partial charge on any atom is 0.248 e. The number of nitrogens with zero attached hydrogens (tertiary/aromatic N) is 4. The number of aromatic nitrogens is 3. The lowest BCUT2D eigenvalue weighted by atomic mass is 9.91. The first-order chi connectivity index (χ1) is 11.0. The number of fused-ring (bicyclic) bond motifs is 1. The van der Waals surface area contributed by atoms with Gasteiger partial charge in [-0.1, -0.05) is 24.3 Å². The number of ketones is 1. The molecule has 0 bridgehead atoms. The number of para-hydroxylation sites is 1. The Labute approximate surface area is 133 Å². The Morgan fingerprint density at radius 2 is 2.17 bits per heavy atom. The predicted octanol–water partition coefficient (Wildman–Crippen LogP) is 1.73. The van der Waals surface area contributed by atoms with E-state index in [1.807, 2.05) is 6.07 Å². The first kappa shape index (κ1) is 15.2. The molecule has 1 aliphatic rings. The number of rotatable bonds is 3. The van der Waals surface area contributed by atoms with Gasteiger partial charge in [0.1, 0.15) is 18.0 Å². The molecule has 0 saturated carbocycles. The molecule has 1 aromatic carbocycles. The van der Waals surface area contributed by atoms with E-state index in [-0.39, 0.29) is 35.6 Å². The molecule has 0 radical (unpaired) electrons. The lowest BCUT2D eigenvalue weighted by Gasteiger charge is -2.33. The molecule has 1 aromatic heterocycles. The number of hydrogen-bond acceptors (Lipinski definition) is 5. The van der Waals surface area contributed by atoms with E-state index in [2.05, 4.69) is 17.2 Å². The maximum atomic E-state index is 12.6.